The van der Waals surface area contributed by atoms with Crippen LogP contribution in [0.2, 0.25) is 10.0 Å². The van der Waals surface area contributed by atoms with E-state index in [4.69, 9.17) is 23.2 Å². The number of halogens is 3. The Morgan fingerprint density at radius 1 is 1.10 bits per heavy atom. The van der Waals surface area contributed by atoms with Crippen molar-refractivity contribution in [3.63, 3.8) is 0 Å². The van der Waals surface area contributed by atoms with Gasteiger partial charge in [0.05, 0.1) is 0 Å². The van der Waals surface area contributed by atoms with Gasteiger partial charge in [0.15, 0.2) is 5.69 Å². The van der Waals surface area contributed by atoms with Gasteiger partial charge in [-0.05, 0) is 12.1 Å². The zero-order valence-corrected chi connectivity index (χ0v) is 8.74. The van der Waals surface area contributed by atoms with E-state index in [1.165, 1.54) is 0 Å². The molecule has 56 valence electrons. The van der Waals surface area contributed by atoms with Gasteiger partial charge in [0, 0.05) is 0 Å². The van der Waals surface area contributed by atoms with E-state index in [1.807, 2.05) is 0 Å². The summed E-state index contributed by atoms with van der Waals surface area (Å²) in [6, 6.07) is 5.31. The smallest absolute Gasteiger partial charge is 0.165 e. The van der Waals surface area contributed by atoms with Gasteiger partial charge in [0.2, 0.25) is 0 Å². The van der Waals surface area contributed by atoms with Crippen LogP contribution >= 0.6 is 23.2 Å². The van der Waals surface area contributed by atoms with Gasteiger partial charge in [0.25, 0.3) is 0 Å². The van der Waals surface area contributed by atoms with Crippen LogP contribution in [0.1, 0.15) is 0 Å². The maximum atomic E-state index is 5.67. The van der Waals surface area contributed by atoms with E-state index < -0.39 is 0 Å². The minimum absolute atomic E-state index is 0. The van der Waals surface area contributed by atoms with Crippen LogP contribution in [-0.4, -0.2) is 0 Å². The van der Waals surface area contributed by atoms with Crippen LogP contribution in [0.15, 0.2) is 18.2 Å². The molecule has 1 aromatic rings. The van der Waals surface area contributed by atoms with Crippen molar-refractivity contribution in [3.8, 4) is 0 Å². The highest BCUT2D eigenvalue weighted by Gasteiger charge is 2.01. The summed E-state index contributed by atoms with van der Waals surface area (Å²) in [5.41, 5.74) is 4.35. The molecular weight excluding hydrogens is 284 g/mol. The molecule has 0 amide bonds. The van der Waals surface area contributed by atoms with Crippen LogP contribution in [0.5, 0.6) is 0 Å². The quantitative estimate of drug-likeness (QED) is 0.586. The van der Waals surface area contributed by atoms with E-state index in [2.05, 4.69) is 5.73 Å². The first-order valence-corrected chi connectivity index (χ1v) is 3.23. The SMILES string of the molecule is [I-].[NH3+]c1c(Cl)cccc1Cl. The van der Waals surface area contributed by atoms with Crippen molar-refractivity contribution in [2.75, 3.05) is 0 Å². The Kier molecular flexibility index (Phi) is 4.60. The van der Waals surface area contributed by atoms with Gasteiger partial charge in [-0.3, -0.25) is 0 Å². The van der Waals surface area contributed by atoms with Crippen LogP contribution in [0, 0.1) is 0 Å². The van der Waals surface area contributed by atoms with Gasteiger partial charge < -0.3 is 29.7 Å². The summed E-state index contributed by atoms with van der Waals surface area (Å²) >= 11 is 11.3. The van der Waals surface area contributed by atoms with Crippen LogP contribution < -0.4 is 29.7 Å². The number of rotatable bonds is 0. The molecule has 3 N–H and O–H groups in total. The Morgan fingerprint density at radius 3 is 1.80 bits per heavy atom. The van der Waals surface area contributed by atoms with E-state index in [-0.39, 0.29) is 24.0 Å². The molecule has 1 nitrogen and oxygen atoms in total. The molecule has 0 aliphatic rings. The van der Waals surface area contributed by atoms with Crippen molar-refractivity contribution in [3.05, 3.63) is 28.2 Å². The molecule has 1 aromatic carbocycles. The highest BCUT2D eigenvalue weighted by Crippen LogP contribution is 2.24. The molecule has 0 saturated carbocycles. The van der Waals surface area contributed by atoms with Crippen molar-refractivity contribution in [1.29, 1.82) is 0 Å². The summed E-state index contributed by atoms with van der Waals surface area (Å²) in [4.78, 5) is 0. The Balaban J connectivity index is 0.000000810. The molecule has 0 heterocycles. The van der Waals surface area contributed by atoms with Crippen LogP contribution in [0.25, 0.3) is 0 Å². The minimum atomic E-state index is 0. The molecule has 0 spiro atoms. The topological polar surface area (TPSA) is 27.6 Å². The van der Waals surface area contributed by atoms with Crippen molar-refractivity contribution in [2.45, 2.75) is 0 Å². The van der Waals surface area contributed by atoms with Gasteiger partial charge in [-0.25, -0.2) is 0 Å². The van der Waals surface area contributed by atoms with Crippen molar-refractivity contribution < 1.29 is 29.7 Å². The van der Waals surface area contributed by atoms with Gasteiger partial charge in [-0.1, -0.05) is 29.3 Å². The van der Waals surface area contributed by atoms with Crippen molar-refractivity contribution in [1.82, 2.24) is 0 Å². The average molecular weight is 290 g/mol. The second-order valence-corrected chi connectivity index (χ2v) is 2.51. The minimum Gasteiger partial charge on any atom is -1.00 e. The molecule has 0 fully saturated rings. The molecule has 10 heavy (non-hydrogen) atoms. The van der Waals surface area contributed by atoms with E-state index in [0.29, 0.717) is 15.7 Å². The van der Waals surface area contributed by atoms with E-state index in [9.17, 15) is 0 Å². The molecule has 0 bridgehead atoms. The summed E-state index contributed by atoms with van der Waals surface area (Å²) in [5.74, 6) is 0. The van der Waals surface area contributed by atoms with Crippen LogP contribution in [-0.2, 0) is 0 Å². The van der Waals surface area contributed by atoms with E-state index >= 15 is 0 Å². The van der Waals surface area contributed by atoms with Gasteiger partial charge >= 0.3 is 0 Å². The highest BCUT2D eigenvalue weighted by molar-refractivity contribution is 6.37. The lowest BCUT2D eigenvalue weighted by Crippen LogP contribution is -3.00. The highest BCUT2D eigenvalue weighted by atomic mass is 127. The predicted octanol–water partition coefficient (Wildman–Crippen LogP) is -1.13. The first kappa shape index (κ1) is 10.5. The van der Waals surface area contributed by atoms with E-state index in [1.54, 1.807) is 18.2 Å². The molecule has 4 heteroatoms. The Labute approximate surface area is 86.5 Å². The molecular formula is C6H6Cl2IN. The predicted molar refractivity (Wildman–Crippen MR) is 39.0 cm³/mol. The molecule has 1 rings (SSSR count). The molecule has 0 atom stereocenters. The first-order chi connectivity index (χ1) is 4.22. The number of hydrogen-bond acceptors (Lipinski definition) is 0. The third-order valence-electron chi connectivity index (χ3n) is 1.06. The lowest BCUT2D eigenvalue weighted by molar-refractivity contribution is -0.254. The Morgan fingerprint density at radius 2 is 1.50 bits per heavy atom. The molecule has 0 aliphatic carbocycles. The third-order valence-corrected chi connectivity index (χ3v) is 1.77. The summed E-state index contributed by atoms with van der Waals surface area (Å²) in [6.45, 7) is 0. The molecule has 0 saturated heterocycles. The first-order valence-electron chi connectivity index (χ1n) is 2.48. The largest absolute Gasteiger partial charge is 1.00 e. The maximum absolute atomic E-state index is 5.67. The summed E-state index contributed by atoms with van der Waals surface area (Å²) in [7, 11) is 0. The average Bonchev–Trinajstić information content (AvgIpc) is 1.83. The zero-order valence-electron chi connectivity index (χ0n) is 5.07. The molecule has 0 aromatic heterocycles. The summed E-state index contributed by atoms with van der Waals surface area (Å²) < 4.78 is 0. The lowest BCUT2D eigenvalue weighted by atomic mass is 10.3. The fraction of sp³-hybridized carbons (Fsp3) is 0. The maximum Gasteiger partial charge on any atom is 0.165 e. The number of quaternary nitrogens is 1. The van der Waals surface area contributed by atoms with Crippen LogP contribution in [0.3, 0.4) is 0 Å². The standard InChI is InChI=1S/C6H5Cl2N.HI/c7-4-2-1-3-5(8)6(4)9;/h1-3H,9H2;1H. The molecule has 0 unspecified atom stereocenters. The lowest BCUT2D eigenvalue weighted by Gasteiger charge is -1.92. The summed E-state index contributed by atoms with van der Waals surface area (Å²) in [6.07, 6.45) is 0. The number of benzene rings is 1. The second kappa shape index (κ2) is 4.38. The summed E-state index contributed by atoms with van der Waals surface area (Å²) in [5, 5.41) is 1.23. The fourth-order valence-corrected chi connectivity index (χ4v) is 0.930. The Bertz CT molecular complexity index is 207. The van der Waals surface area contributed by atoms with Gasteiger partial charge in [0.1, 0.15) is 10.0 Å². The van der Waals surface area contributed by atoms with E-state index in [0.717, 1.165) is 0 Å². The third kappa shape index (κ3) is 2.27. The van der Waals surface area contributed by atoms with Gasteiger partial charge in [-0.15, -0.1) is 0 Å². The van der Waals surface area contributed by atoms with Crippen molar-refractivity contribution >= 4 is 28.9 Å². The number of hydrogen-bond donors (Lipinski definition) is 1. The normalized spacial score (nSPS) is 8.70. The second-order valence-electron chi connectivity index (χ2n) is 1.70. The molecule has 0 radical (unpaired) electrons. The van der Waals surface area contributed by atoms with Crippen molar-refractivity contribution in [2.24, 2.45) is 0 Å². The zero-order chi connectivity index (χ0) is 6.85. The van der Waals surface area contributed by atoms with Gasteiger partial charge in [-0.2, -0.15) is 0 Å². The molecule has 0 aliphatic heterocycles. The van der Waals surface area contributed by atoms with Crippen LogP contribution in [0.4, 0.5) is 5.69 Å². The monoisotopic (exact) mass is 289 g/mol. The fourth-order valence-electron chi connectivity index (χ4n) is 0.532. The Hall–Kier alpha value is 0.490.